The minimum Gasteiger partial charge on any atom is -0.444 e. The van der Waals surface area contributed by atoms with Crippen molar-refractivity contribution >= 4 is 6.09 Å². The molecule has 204 valence electrons. The number of rotatable bonds is 5. The van der Waals surface area contributed by atoms with Crippen LogP contribution >= 0.6 is 0 Å². The van der Waals surface area contributed by atoms with E-state index in [1.54, 1.807) is 20.8 Å². The molecular formula is C27H34F2N6O3. The quantitative estimate of drug-likeness (QED) is 0.502. The maximum atomic E-state index is 14.7. The average molecular weight is 529 g/mol. The number of nitrogens with one attached hydrogen (secondary N) is 2. The van der Waals surface area contributed by atoms with Gasteiger partial charge in [0.2, 0.25) is 0 Å². The van der Waals surface area contributed by atoms with E-state index in [0.29, 0.717) is 26.1 Å². The minimum atomic E-state index is -0.850. The summed E-state index contributed by atoms with van der Waals surface area (Å²) in [5.74, 6) is -0.307. The van der Waals surface area contributed by atoms with Crippen LogP contribution in [0.2, 0.25) is 0 Å². The Morgan fingerprint density at radius 3 is 2.74 bits per heavy atom. The summed E-state index contributed by atoms with van der Waals surface area (Å²) in [5.41, 5.74) is 3.26. The third kappa shape index (κ3) is 5.30. The van der Waals surface area contributed by atoms with Crippen molar-refractivity contribution in [3.05, 3.63) is 58.5 Å². The number of alkyl carbamates (subject to hydrolysis) is 1. The van der Waals surface area contributed by atoms with Gasteiger partial charge in [-0.1, -0.05) is 0 Å². The van der Waals surface area contributed by atoms with Crippen LogP contribution < -0.4 is 5.32 Å². The van der Waals surface area contributed by atoms with Crippen molar-refractivity contribution in [3.8, 4) is 11.5 Å². The number of nitrogens with zero attached hydrogens (tertiary/aromatic N) is 4. The monoisotopic (exact) mass is 528 g/mol. The molecule has 5 rings (SSSR count). The Bertz CT molecular complexity index is 1330. The van der Waals surface area contributed by atoms with Crippen LogP contribution in [0.5, 0.6) is 0 Å². The van der Waals surface area contributed by atoms with Crippen LogP contribution in [0.4, 0.5) is 13.6 Å². The van der Waals surface area contributed by atoms with Crippen LogP contribution in [0.1, 0.15) is 62.9 Å². The zero-order valence-electron chi connectivity index (χ0n) is 22.3. The van der Waals surface area contributed by atoms with Gasteiger partial charge in [-0.2, -0.15) is 5.10 Å². The van der Waals surface area contributed by atoms with Crippen molar-refractivity contribution in [1.82, 2.24) is 30.0 Å². The molecule has 4 heterocycles. The van der Waals surface area contributed by atoms with E-state index in [0.717, 1.165) is 53.3 Å². The van der Waals surface area contributed by atoms with E-state index in [1.807, 2.05) is 13.0 Å². The van der Waals surface area contributed by atoms with Gasteiger partial charge in [0.05, 0.1) is 24.0 Å². The second kappa shape index (κ2) is 10.1. The van der Waals surface area contributed by atoms with E-state index in [-0.39, 0.29) is 11.6 Å². The molecule has 1 fully saturated rings. The highest BCUT2D eigenvalue weighted by molar-refractivity contribution is 5.68. The molecule has 2 aromatic heterocycles. The number of fused-ring (bicyclic) bond motifs is 1. The molecule has 3 aromatic rings. The largest absolute Gasteiger partial charge is 0.444 e. The Morgan fingerprint density at radius 1 is 1.26 bits per heavy atom. The summed E-state index contributed by atoms with van der Waals surface area (Å²) in [5, 5.41) is 10.2. The Labute approximate surface area is 220 Å². The molecule has 0 spiro atoms. The number of H-pyrrole nitrogens is 1. The fraction of sp³-hybridized carbons (Fsp3) is 0.519. The molecule has 3 atom stereocenters. The number of carbonyl (C=O) groups is 1. The number of amides is 1. The number of aryl methyl sites for hydroxylation is 1. The van der Waals surface area contributed by atoms with Gasteiger partial charge >= 0.3 is 6.09 Å². The molecular weight excluding hydrogens is 494 g/mol. The summed E-state index contributed by atoms with van der Waals surface area (Å²) in [6.45, 7) is 11.7. The second-order valence-corrected chi connectivity index (χ2v) is 11.0. The van der Waals surface area contributed by atoms with Crippen LogP contribution in [0, 0.1) is 18.6 Å². The van der Waals surface area contributed by atoms with Gasteiger partial charge in [0.15, 0.2) is 5.82 Å². The lowest BCUT2D eigenvalue weighted by atomic mass is 9.92. The molecule has 0 aliphatic carbocycles. The van der Waals surface area contributed by atoms with E-state index in [4.69, 9.17) is 14.5 Å². The van der Waals surface area contributed by atoms with Gasteiger partial charge in [-0.05, 0) is 65.3 Å². The molecule has 11 heteroatoms. The number of ether oxygens (including phenoxy) is 2. The van der Waals surface area contributed by atoms with Crippen LogP contribution in [0.25, 0.3) is 11.5 Å². The maximum absolute atomic E-state index is 14.7. The number of benzene rings is 1. The summed E-state index contributed by atoms with van der Waals surface area (Å²) in [6, 6.07) is 4.56. The predicted molar refractivity (Wildman–Crippen MR) is 136 cm³/mol. The van der Waals surface area contributed by atoms with Crippen LogP contribution in [0.15, 0.2) is 24.3 Å². The summed E-state index contributed by atoms with van der Waals surface area (Å²) >= 11 is 0. The number of hydrogen-bond acceptors (Lipinski definition) is 6. The fourth-order valence-electron chi connectivity index (χ4n) is 5.31. The van der Waals surface area contributed by atoms with Crippen molar-refractivity contribution < 1.29 is 23.0 Å². The summed E-state index contributed by atoms with van der Waals surface area (Å²) < 4.78 is 42.5. The van der Waals surface area contributed by atoms with Crippen molar-refractivity contribution in [2.75, 3.05) is 6.61 Å². The van der Waals surface area contributed by atoms with Crippen LogP contribution in [-0.2, 0) is 29.1 Å². The lowest BCUT2D eigenvalue weighted by Crippen LogP contribution is -2.52. The van der Waals surface area contributed by atoms with Crippen molar-refractivity contribution in [1.29, 1.82) is 0 Å². The molecule has 2 aliphatic heterocycles. The van der Waals surface area contributed by atoms with E-state index < -0.39 is 35.5 Å². The zero-order chi connectivity index (χ0) is 27.2. The Morgan fingerprint density at radius 2 is 2.05 bits per heavy atom. The summed E-state index contributed by atoms with van der Waals surface area (Å²) in [4.78, 5) is 19.8. The van der Waals surface area contributed by atoms with Crippen molar-refractivity contribution in [3.63, 3.8) is 0 Å². The van der Waals surface area contributed by atoms with E-state index in [9.17, 15) is 13.6 Å². The Hall–Kier alpha value is -3.31. The number of hydrogen-bond donors (Lipinski definition) is 2. The molecule has 2 N–H and O–H groups in total. The Balaban J connectivity index is 1.36. The van der Waals surface area contributed by atoms with Gasteiger partial charge in [0.25, 0.3) is 0 Å². The van der Waals surface area contributed by atoms with E-state index >= 15 is 0 Å². The van der Waals surface area contributed by atoms with Gasteiger partial charge in [-0.25, -0.2) is 18.6 Å². The maximum Gasteiger partial charge on any atom is 0.407 e. The van der Waals surface area contributed by atoms with Gasteiger partial charge < -0.3 is 19.4 Å². The van der Waals surface area contributed by atoms with Crippen LogP contribution in [-0.4, -0.2) is 55.0 Å². The second-order valence-electron chi connectivity index (χ2n) is 11.0. The Kier molecular flexibility index (Phi) is 6.99. The summed E-state index contributed by atoms with van der Waals surface area (Å²) in [6.07, 6.45) is -1.00. The number of aromatic nitrogens is 4. The van der Waals surface area contributed by atoms with Crippen LogP contribution in [0.3, 0.4) is 0 Å². The first-order valence-electron chi connectivity index (χ1n) is 12.9. The molecule has 38 heavy (non-hydrogen) atoms. The van der Waals surface area contributed by atoms with E-state index in [1.165, 1.54) is 0 Å². The highest BCUT2D eigenvalue weighted by Crippen LogP contribution is 2.36. The number of carbonyl (C=O) groups excluding carboxylic acids is 1. The van der Waals surface area contributed by atoms with Crippen molar-refractivity contribution in [2.24, 2.45) is 0 Å². The molecule has 1 amide bonds. The highest BCUT2D eigenvalue weighted by Gasteiger charge is 2.40. The molecule has 2 aliphatic rings. The fourth-order valence-corrected chi connectivity index (χ4v) is 5.31. The number of imidazole rings is 1. The summed E-state index contributed by atoms with van der Waals surface area (Å²) in [7, 11) is 0. The average Bonchev–Trinajstić information content (AvgIpc) is 3.53. The highest BCUT2D eigenvalue weighted by atomic mass is 19.1. The molecule has 0 bridgehead atoms. The smallest absolute Gasteiger partial charge is 0.407 e. The normalized spacial score (nSPS) is 21.9. The molecule has 9 nitrogen and oxygen atoms in total. The van der Waals surface area contributed by atoms with Gasteiger partial charge in [0.1, 0.15) is 29.0 Å². The number of halogens is 2. The molecule has 0 saturated carbocycles. The van der Waals surface area contributed by atoms with Gasteiger partial charge in [-0.3, -0.25) is 10.00 Å². The first kappa shape index (κ1) is 26.3. The molecule has 0 radical (unpaired) electrons. The minimum absolute atomic E-state index is 0.0709. The molecule has 1 saturated heterocycles. The predicted octanol–water partition coefficient (Wildman–Crippen LogP) is 4.62. The van der Waals surface area contributed by atoms with Crippen molar-refractivity contribution in [2.45, 2.75) is 84.5 Å². The van der Waals surface area contributed by atoms with E-state index in [2.05, 4.69) is 31.9 Å². The lowest BCUT2D eigenvalue weighted by molar-refractivity contribution is -0.0630. The SMILES string of the molecule is CCn1c(-c2cc(C)[nH]n2)nc2c1CN(C1CO[C@H](c3cc(F)ccc3F)C(NC(=O)OC(C)(C)C)C1)C2. The standard InChI is InChI=1S/C27H34F2N6O3/c1-6-35-23-13-34(12-22(23)30-25(35)21-9-15(2)32-33-21)17-11-20(31-26(36)38-27(3,4)5)24(37-14-17)18-10-16(28)7-8-19(18)29/h7-10,17,20,24H,6,11-14H2,1-5H3,(H,31,36)(H,32,33)/t17?,20?,24-/m1/s1. The number of aromatic amines is 1. The first-order chi connectivity index (χ1) is 18.0. The van der Waals surface area contributed by atoms with Gasteiger partial charge in [0, 0.05) is 36.9 Å². The topological polar surface area (TPSA) is 97.3 Å². The molecule has 2 unspecified atom stereocenters. The van der Waals surface area contributed by atoms with Gasteiger partial charge in [-0.15, -0.1) is 0 Å². The molecule has 1 aromatic carbocycles. The lowest BCUT2D eigenvalue weighted by Gasteiger charge is -2.40. The third-order valence-corrected chi connectivity index (χ3v) is 6.96. The zero-order valence-corrected chi connectivity index (χ0v) is 22.3. The first-order valence-corrected chi connectivity index (χ1v) is 12.9. The third-order valence-electron chi connectivity index (χ3n) is 6.96.